The molecule has 0 saturated carbocycles. The minimum Gasteiger partial charge on any atom is -0.493 e. The Balaban J connectivity index is 1.72. The molecule has 0 heterocycles. The maximum Gasteiger partial charge on any atom is 0.257 e. The van der Waals surface area contributed by atoms with Gasteiger partial charge in [0.25, 0.3) is 17.7 Å². The molecule has 9 nitrogen and oxygen atoms in total. The van der Waals surface area contributed by atoms with Gasteiger partial charge in [0.05, 0.1) is 27.3 Å². The van der Waals surface area contributed by atoms with Gasteiger partial charge in [-0.1, -0.05) is 17.7 Å². The fourth-order valence-corrected chi connectivity index (χ4v) is 2.32. The van der Waals surface area contributed by atoms with Crippen LogP contribution in [0.1, 0.15) is 15.9 Å². The van der Waals surface area contributed by atoms with Gasteiger partial charge in [0, 0.05) is 11.3 Å². The van der Waals surface area contributed by atoms with Crippen LogP contribution in [0.15, 0.2) is 42.5 Å². The Morgan fingerprint density at radius 1 is 0.828 bits per heavy atom. The molecule has 0 atom stereocenters. The molecule has 2 rings (SSSR count). The third-order valence-electron chi connectivity index (χ3n) is 3.90. The van der Waals surface area contributed by atoms with E-state index in [4.69, 9.17) is 9.47 Å². The van der Waals surface area contributed by atoms with Crippen LogP contribution in [-0.4, -0.2) is 45.0 Å². The first-order valence-electron chi connectivity index (χ1n) is 8.81. The van der Waals surface area contributed by atoms with Crippen LogP contribution in [0.2, 0.25) is 0 Å². The monoisotopic (exact) mass is 400 g/mol. The van der Waals surface area contributed by atoms with Gasteiger partial charge >= 0.3 is 0 Å². The van der Waals surface area contributed by atoms with Crippen molar-refractivity contribution in [3.05, 3.63) is 53.6 Å². The molecule has 2 aromatic carbocycles. The number of hydrogen-bond acceptors (Lipinski definition) is 6. The van der Waals surface area contributed by atoms with Crippen LogP contribution >= 0.6 is 0 Å². The van der Waals surface area contributed by atoms with E-state index in [2.05, 4.69) is 21.5 Å². The fraction of sp³-hybridized carbons (Fsp3) is 0.250. The Hall–Kier alpha value is -3.75. The van der Waals surface area contributed by atoms with E-state index >= 15 is 0 Å². The number of hydrazine groups is 1. The van der Waals surface area contributed by atoms with Crippen molar-refractivity contribution in [2.75, 3.05) is 32.6 Å². The van der Waals surface area contributed by atoms with Crippen LogP contribution in [0, 0.1) is 6.92 Å². The average Bonchev–Trinajstić information content (AvgIpc) is 2.74. The lowest BCUT2D eigenvalue weighted by molar-refractivity contribution is -0.127. The molecule has 0 aliphatic heterocycles. The summed E-state index contributed by atoms with van der Waals surface area (Å²) in [5, 5.41) is 5.39. The Kier molecular flexibility index (Phi) is 7.84. The number of ether oxygens (including phenoxy) is 2. The molecule has 0 bridgehead atoms. The molecule has 0 aliphatic carbocycles. The molecule has 0 spiro atoms. The van der Waals surface area contributed by atoms with Gasteiger partial charge in [0.15, 0.2) is 11.5 Å². The van der Waals surface area contributed by atoms with Crippen molar-refractivity contribution >= 4 is 23.4 Å². The van der Waals surface area contributed by atoms with E-state index in [0.717, 1.165) is 11.3 Å². The molecule has 0 fully saturated rings. The van der Waals surface area contributed by atoms with Gasteiger partial charge in [0.1, 0.15) is 0 Å². The Labute approximate surface area is 168 Å². The average molecular weight is 400 g/mol. The van der Waals surface area contributed by atoms with Crippen molar-refractivity contribution in [2.45, 2.75) is 6.92 Å². The van der Waals surface area contributed by atoms with E-state index in [1.54, 1.807) is 12.1 Å². The lowest BCUT2D eigenvalue weighted by atomic mass is 10.2. The molecule has 2 aromatic rings. The number of nitrogens with one attached hydrogen (secondary N) is 4. The van der Waals surface area contributed by atoms with Gasteiger partial charge in [-0.05, 0) is 37.3 Å². The highest BCUT2D eigenvalue weighted by atomic mass is 16.5. The highest BCUT2D eigenvalue weighted by molar-refractivity contribution is 5.97. The van der Waals surface area contributed by atoms with Gasteiger partial charge < -0.3 is 20.1 Å². The van der Waals surface area contributed by atoms with E-state index in [9.17, 15) is 14.4 Å². The third-order valence-corrected chi connectivity index (χ3v) is 3.90. The molecule has 4 N–H and O–H groups in total. The quantitative estimate of drug-likeness (QED) is 0.491. The number of carbonyl (C=O) groups is 3. The number of benzene rings is 2. The summed E-state index contributed by atoms with van der Waals surface area (Å²) in [6, 6.07) is 12.2. The zero-order valence-electron chi connectivity index (χ0n) is 16.5. The SMILES string of the molecule is COc1ccc(C(=O)NCC(=O)NNC(=O)CNc2ccc(C)cc2)cc1OC. The van der Waals surface area contributed by atoms with Gasteiger partial charge in [-0.3, -0.25) is 25.2 Å². The molecule has 0 aliphatic rings. The zero-order chi connectivity index (χ0) is 21.2. The molecule has 9 heteroatoms. The first-order valence-corrected chi connectivity index (χ1v) is 8.81. The Bertz CT molecular complexity index is 868. The van der Waals surface area contributed by atoms with E-state index < -0.39 is 17.7 Å². The molecule has 0 saturated heterocycles. The Morgan fingerprint density at radius 2 is 1.45 bits per heavy atom. The number of hydrogen-bond donors (Lipinski definition) is 4. The summed E-state index contributed by atoms with van der Waals surface area (Å²) in [4.78, 5) is 35.7. The maximum atomic E-state index is 12.2. The summed E-state index contributed by atoms with van der Waals surface area (Å²) >= 11 is 0. The lowest BCUT2D eigenvalue weighted by Gasteiger charge is -2.11. The normalized spacial score (nSPS) is 9.90. The van der Waals surface area contributed by atoms with E-state index in [-0.39, 0.29) is 13.1 Å². The number of carbonyl (C=O) groups excluding carboxylic acids is 3. The van der Waals surface area contributed by atoms with Crippen LogP contribution in [0.25, 0.3) is 0 Å². The number of aryl methyl sites for hydroxylation is 1. The van der Waals surface area contributed by atoms with E-state index in [1.165, 1.54) is 20.3 Å². The van der Waals surface area contributed by atoms with Gasteiger partial charge in [0.2, 0.25) is 0 Å². The van der Waals surface area contributed by atoms with E-state index in [0.29, 0.717) is 17.1 Å². The summed E-state index contributed by atoms with van der Waals surface area (Å²) in [5.74, 6) is -0.567. The third kappa shape index (κ3) is 6.73. The minimum absolute atomic E-state index is 0.0126. The highest BCUT2D eigenvalue weighted by Crippen LogP contribution is 2.27. The molecule has 154 valence electrons. The number of amides is 3. The van der Waals surface area contributed by atoms with Crippen LogP contribution < -0.4 is 31.0 Å². The Morgan fingerprint density at radius 3 is 2.07 bits per heavy atom. The standard InChI is InChI=1S/C20H24N4O5/c1-13-4-7-15(8-5-13)21-11-18(25)23-24-19(26)12-22-20(27)14-6-9-16(28-2)17(10-14)29-3/h4-10,21H,11-12H2,1-3H3,(H,22,27)(H,23,25)(H,24,26). The molecular weight excluding hydrogens is 376 g/mol. The summed E-state index contributed by atoms with van der Waals surface area (Å²) < 4.78 is 10.3. The molecule has 0 unspecified atom stereocenters. The van der Waals surface area contributed by atoms with Crippen molar-refractivity contribution < 1.29 is 23.9 Å². The first-order chi connectivity index (χ1) is 13.9. The molecule has 29 heavy (non-hydrogen) atoms. The molecule has 0 radical (unpaired) electrons. The second-order valence-corrected chi connectivity index (χ2v) is 6.07. The predicted molar refractivity (Wildman–Crippen MR) is 108 cm³/mol. The van der Waals surface area contributed by atoms with Gasteiger partial charge in [-0.25, -0.2) is 0 Å². The van der Waals surface area contributed by atoms with Crippen molar-refractivity contribution in [1.29, 1.82) is 0 Å². The number of methoxy groups -OCH3 is 2. The van der Waals surface area contributed by atoms with Gasteiger partial charge in [-0.15, -0.1) is 0 Å². The first kappa shape index (κ1) is 21.5. The number of rotatable bonds is 8. The molecule has 0 aromatic heterocycles. The van der Waals surface area contributed by atoms with Crippen LogP contribution in [-0.2, 0) is 9.59 Å². The van der Waals surface area contributed by atoms with Crippen LogP contribution in [0.4, 0.5) is 5.69 Å². The second kappa shape index (κ2) is 10.5. The van der Waals surface area contributed by atoms with Crippen molar-refractivity contribution in [1.82, 2.24) is 16.2 Å². The summed E-state index contributed by atoms with van der Waals surface area (Å²) in [5.41, 5.74) is 6.72. The van der Waals surface area contributed by atoms with Crippen LogP contribution in [0.5, 0.6) is 11.5 Å². The van der Waals surface area contributed by atoms with Gasteiger partial charge in [-0.2, -0.15) is 0 Å². The largest absolute Gasteiger partial charge is 0.493 e. The fourth-order valence-electron chi connectivity index (χ4n) is 2.32. The smallest absolute Gasteiger partial charge is 0.257 e. The summed E-state index contributed by atoms with van der Waals surface area (Å²) in [6.45, 7) is 1.65. The van der Waals surface area contributed by atoms with Crippen molar-refractivity contribution in [3.8, 4) is 11.5 Å². The van der Waals surface area contributed by atoms with Crippen molar-refractivity contribution in [2.24, 2.45) is 0 Å². The predicted octanol–water partition coefficient (Wildman–Crippen LogP) is 1.00. The van der Waals surface area contributed by atoms with Crippen molar-refractivity contribution in [3.63, 3.8) is 0 Å². The topological polar surface area (TPSA) is 118 Å². The zero-order valence-corrected chi connectivity index (χ0v) is 16.5. The van der Waals surface area contributed by atoms with E-state index in [1.807, 2.05) is 31.2 Å². The number of anilines is 1. The summed E-state index contributed by atoms with van der Waals surface area (Å²) in [6.07, 6.45) is 0. The highest BCUT2D eigenvalue weighted by Gasteiger charge is 2.12. The second-order valence-electron chi connectivity index (χ2n) is 6.07. The summed E-state index contributed by atoms with van der Waals surface area (Å²) in [7, 11) is 2.95. The lowest BCUT2D eigenvalue weighted by Crippen LogP contribution is -2.47. The van der Waals surface area contributed by atoms with Crippen LogP contribution in [0.3, 0.4) is 0 Å². The molecular formula is C20H24N4O5. The maximum absolute atomic E-state index is 12.2. The molecule has 3 amide bonds. The minimum atomic E-state index is -0.567.